The van der Waals surface area contributed by atoms with Gasteiger partial charge in [0.05, 0.1) is 16.6 Å². The third-order valence-corrected chi connectivity index (χ3v) is 3.67. The molecule has 0 saturated carbocycles. The van der Waals surface area contributed by atoms with Gasteiger partial charge in [-0.15, -0.1) is 0 Å². The van der Waals surface area contributed by atoms with Gasteiger partial charge in [0.25, 0.3) is 0 Å². The number of aryl methyl sites for hydroxylation is 1. The Kier molecular flexibility index (Phi) is 3.65. The average Bonchev–Trinajstić information content (AvgIpc) is 2.84. The lowest BCUT2D eigenvalue weighted by Crippen LogP contribution is -2.05. The molecule has 5 heteroatoms. The van der Waals surface area contributed by atoms with Gasteiger partial charge in [-0.25, -0.2) is 9.78 Å². The van der Waals surface area contributed by atoms with Gasteiger partial charge >= 0.3 is 5.97 Å². The van der Waals surface area contributed by atoms with E-state index in [0.29, 0.717) is 12.4 Å². The summed E-state index contributed by atoms with van der Waals surface area (Å²) < 4.78 is 1.95. The second kappa shape index (κ2) is 5.61. The summed E-state index contributed by atoms with van der Waals surface area (Å²) in [6.45, 7) is 2.40. The fourth-order valence-corrected chi connectivity index (χ4v) is 2.52. The van der Waals surface area contributed by atoms with E-state index in [2.05, 4.69) is 4.98 Å². The molecule has 3 rings (SSSR count). The molecule has 0 spiro atoms. The van der Waals surface area contributed by atoms with Crippen LogP contribution in [0, 0.1) is 6.92 Å². The minimum atomic E-state index is -0.939. The van der Waals surface area contributed by atoms with E-state index in [4.69, 9.17) is 5.11 Å². The summed E-state index contributed by atoms with van der Waals surface area (Å²) >= 11 is 0. The van der Waals surface area contributed by atoms with Crippen LogP contribution < -0.4 is 0 Å². The van der Waals surface area contributed by atoms with Gasteiger partial charge in [-0.2, -0.15) is 0 Å². The number of hydrogen-bond donors (Lipinski definition) is 2. The van der Waals surface area contributed by atoms with Gasteiger partial charge in [0.1, 0.15) is 12.4 Å². The first kappa shape index (κ1) is 14.3. The van der Waals surface area contributed by atoms with Crippen molar-refractivity contribution in [2.45, 2.75) is 20.1 Å². The van der Waals surface area contributed by atoms with Crippen molar-refractivity contribution in [3.05, 3.63) is 65.0 Å². The van der Waals surface area contributed by atoms with Gasteiger partial charge in [0.2, 0.25) is 0 Å². The highest BCUT2D eigenvalue weighted by Crippen LogP contribution is 2.20. The number of fused-ring (bicyclic) bond motifs is 1. The van der Waals surface area contributed by atoms with Crippen molar-refractivity contribution in [2.75, 3.05) is 0 Å². The van der Waals surface area contributed by atoms with Gasteiger partial charge in [-0.05, 0) is 42.3 Å². The molecule has 0 aliphatic rings. The first-order valence-electron chi connectivity index (χ1n) is 6.97. The molecule has 0 aliphatic heterocycles. The first-order chi connectivity index (χ1) is 10.6. The van der Waals surface area contributed by atoms with Crippen LogP contribution in [0.15, 0.2) is 42.5 Å². The smallest absolute Gasteiger partial charge is 0.335 e. The highest BCUT2D eigenvalue weighted by molar-refractivity contribution is 5.87. The summed E-state index contributed by atoms with van der Waals surface area (Å²) in [5.41, 5.74) is 4.15. The molecule has 0 bridgehead atoms. The van der Waals surface area contributed by atoms with E-state index < -0.39 is 5.97 Å². The van der Waals surface area contributed by atoms with E-state index in [9.17, 15) is 9.90 Å². The summed E-state index contributed by atoms with van der Waals surface area (Å²) in [5, 5.41) is 18.5. The minimum Gasteiger partial charge on any atom is -0.478 e. The average molecular weight is 296 g/mol. The maximum absolute atomic E-state index is 10.9. The normalized spacial score (nSPS) is 11.0. The van der Waals surface area contributed by atoms with Crippen molar-refractivity contribution in [3.63, 3.8) is 0 Å². The largest absolute Gasteiger partial charge is 0.478 e. The lowest BCUT2D eigenvalue weighted by atomic mass is 10.1. The molecule has 0 fully saturated rings. The Bertz CT molecular complexity index is 835. The summed E-state index contributed by atoms with van der Waals surface area (Å²) in [7, 11) is 0. The van der Waals surface area contributed by atoms with Gasteiger partial charge < -0.3 is 14.8 Å². The third-order valence-electron chi connectivity index (χ3n) is 3.67. The molecule has 3 aromatic rings. The second-order valence-corrected chi connectivity index (χ2v) is 5.27. The summed E-state index contributed by atoms with van der Waals surface area (Å²) in [5.74, 6) is -0.339. The third kappa shape index (κ3) is 2.58. The number of hydrogen-bond acceptors (Lipinski definition) is 3. The van der Waals surface area contributed by atoms with E-state index in [-0.39, 0.29) is 12.2 Å². The highest BCUT2D eigenvalue weighted by atomic mass is 16.4. The molecule has 5 nitrogen and oxygen atoms in total. The van der Waals surface area contributed by atoms with Crippen LogP contribution in [0.2, 0.25) is 0 Å². The fourth-order valence-electron chi connectivity index (χ4n) is 2.52. The second-order valence-electron chi connectivity index (χ2n) is 5.27. The number of aromatic carboxylic acids is 1. The molecule has 0 amide bonds. The molecule has 0 atom stereocenters. The minimum absolute atomic E-state index is 0.138. The molecule has 22 heavy (non-hydrogen) atoms. The molecule has 0 unspecified atom stereocenters. The standard InChI is InChI=1S/C17H16N2O3/c1-11-2-7-15-14(8-11)18-16(10-20)19(15)9-12-3-5-13(6-4-12)17(21)22/h2-8,20H,9-10H2,1H3,(H,21,22). The lowest BCUT2D eigenvalue weighted by Gasteiger charge is -2.08. The topological polar surface area (TPSA) is 75.4 Å². The number of aliphatic hydroxyl groups excluding tert-OH is 1. The zero-order valence-corrected chi connectivity index (χ0v) is 12.2. The maximum atomic E-state index is 10.9. The molecule has 2 aromatic carbocycles. The number of nitrogens with zero attached hydrogens (tertiary/aromatic N) is 2. The fraction of sp³-hybridized carbons (Fsp3) is 0.176. The number of aromatic nitrogens is 2. The van der Waals surface area contributed by atoms with Crippen LogP contribution in [0.3, 0.4) is 0 Å². The van der Waals surface area contributed by atoms with Crippen LogP contribution in [0.4, 0.5) is 0 Å². The van der Waals surface area contributed by atoms with Crippen LogP contribution in [0.5, 0.6) is 0 Å². The number of carbonyl (C=O) groups is 1. The van der Waals surface area contributed by atoms with Crippen molar-refractivity contribution < 1.29 is 15.0 Å². The molecular formula is C17H16N2O3. The molecule has 0 radical (unpaired) electrons. The lowest BCUT2D eigenvalue weighted by molar-refractivity contribution is 0.0697. The Morgan fingerprint density at radius 3 is 2.55 bits per heavy atom. The van der Waals surface area contributed by atoms with E-state index >= 15 is 0 Å². The molecule has 1 heterocycles. The van der Waals surface area contributed by atoms with Crippen LogP contribution in [-0.4, -0.2) is 25.7 Å². The summed E-state index contributed by atoms with van der Waals surface area (Å²) in [6.07, 6.45) is 0. The number of rotatable bonds is 4. The number of carboxylic acid groups (broad SMARTS) is 1. The summed E-state index contributed by atoms with van der Waals surface area (Å²) in [6, 6.07) is 12.7. The quantitative estimate of drug-likeness (QED) is 0.776. The van der Waals surface area contributed by atoms with Crippen molar-refractivity contribution in [1.82, 2.24) is 9.55 Å². The Morgan fingerprint density at radius 2 is 1.91 bits per heavy atom. The van der Waals surface area contributed by atoms with E-state index in [1.54, 1.807) is 24.3 Å². The monoisotopic (exact) mass is 296 g/mol. The van der Waals surface area contributed by atoms with Crippen LogP contribution in [-0.2, 0) is 13.2 Å². The first-order valence-corrected chi connectivity index (χ1v) is 6.97. The van der Waals surface area contributed by atoms with Crippen LogP contribution in [0.25, 0.3) is 11.0 Å². The Labute approximate surface area is 127 Å². The zero-order valence-electron chi connectivity index (χ0n) is 12.2. The molecule has 2 N–H and O–H groups in total. The molecule has 0 aliphatic carbocycles. The highest BCUT2D eigenvalue weighted by Gasteiger charge is 2.11. The number of benzene rings is 2. The Morgan fingerprint density at radius 1 is 1.18 bits per heavy atom. The Balaban J connectivity index is 2.00. The SMILES string of the molecule is Cc1ccc2c(c1)nc(CO)n2Cc1ccc(C(=O)O)cc1. The molecule has 1 aromatic heterocycles. The molecule has 112 valence electrons. The number of aliphatic hydroxyl groups is 1. The predicted molar refractivity (Wildman–Crippen MR) is 82.9 cm³/mol. The molecule has 0 saturated heterocycles. The predicted octanol–water partition coefficient (Wildman–Crippen LogP) is 2.58. The van der Waals surface area contributed by atoms with Crippen molar-refractivity contribution in [3.8, 4) is 0 Å². The maximum Gasteiger partial charge on any atom is 0.335 e. The zero-order chi connectivity index (χ0) is 15.7. The van der Waals surface area contributed by atoms with E-state index in [1.165, 1.54) is 0 Å². The van der Waals surface area contributed by atoms with Gasteiger partial charge in [0.15, 0.2) is 0 Å². The van der Waals surface area contributed by atoms with Crippen molar-refractivity contribution in [2.24, 2.45) is 0 Å². The van der Waals surface area contributed by atoms with E-state index in [1.807, 2.05) is 29.7 Å². The van der Waals surface area contributed by atoms with Crippen LogP contribution >= 0.6 is 0 Å². The number of imidazole rings is 1. The Hall–Kier alpha value is -2.66. The van der Waals surface area contributed by atoms with Gasteiger partial charge in [0, 0.05) is 6.54 Å². The van der Waals surface area contributed by atoms with E-state index in [0.717, 1.165) is 22.2 Å². The van der Waals surface area contributed by atoms with Crippen molar-refractivity contribution >= 4 is 17.0 Å². The van der Waals surface area contributed by atoms with Crippen molar-refractivity contribution in [1.29, 1.82) is 0 Å². The molecular weight excluding hydrogens is 280 g/mol. The van der Waals surface area contributed by atoms with Crippen LogP contribution in [0.1, 0.15) is 27.3 Å². The number of carboxylic acids is 1. The summed E-state index contributed by atoms with van der Waals surface area (Å²) in [4.78, 5) is 15.3. The van der Waals surface area contributed by atoms with Gasteiger partial charge in [-0.1, -0.05) is 18.2 Å². The van der Waals surface area contributed by atoms with Gasteiger partial charge in [-0.3, -0.25) is 0 Å².